The number of amides is 1. The number of anilines is 1. The highest BCUT2D eigenvalue weighted by molar-refractivity contribution is 9.10. The molecule has 0 aromatic heterocycles. The predicted octanol–water partition coefficient (Wildman–Crippen LogP) is 4.51. The minimum atomic E-state index is 0.00596. The van der Waals surface area contributed by atoms with Crippen LogP contribution < -0.4 is 10.1 Å². The monoisotopic (exact) mass is 379 g/mol. The molecule has 0 unspecified atom stereocenters. The van der Waals surface area contributed by atoms with Crippen LogP contribution in [-0.2, 0) is 4.79 Å². The molecule has 2 aromatic rings. The summed E-state index contributed by atoms with van der Waals surface area (Å²) in [5.74, 6) is 2.07. The van der Waals surface area contributed by atoms with Gasteiger partial charge in [-0.05, 0) is 42.8 Å². The van der Waals surface area contributed by atoms with Gasteiger partial charge >= 0.3 is 0 Å². The number of ether oxygens (including phenoxy) is 1. The van der Waals surface area contributed by atoms with Crippen LogP contribution in [0.15, 0.2) is 53.0 Å². The fourth-order valence-electron chi connectivity index (χ4n) is 1.82. The minimum absolute atomic E-state index is 0.00596. The quantitative estimate of drug-likeness (QED) is 0.719. The molecule has 1 amide bonds. The maximum atomic E-state index is 11.9. The number of halogens is 1. The molecule has 0 aliphatic heterocycles. The maximum absolute atomic E-state index is 11.9. The zero-order chi connectivity index (χ0) is 15.8. The molecule has 0 spiro atoms. The Labute approximate surface area is 143 Å². The van der Waals surface area contributed by atoms with Gasteiger partial charge < -0.3 is 10.1 Å². The van der Waals surface area contributed by atoms with Crippen molar-refractivity contribution >= 4 is 39.3 Å². The Morgan fingerprint density at radius 2 is 2.00 bits per heavy atom. The van der Waals surface area contributed by atoms with Crippen molar-refractivity contribution in [3.8, 4) is 5.75 Å². The predicted molar refractivity (Wildman–Crippen MR) is 96.8 cm³/mol. The summed E-state index contributed by atoms with van der Waals surface area (Å²) in [7, 11) is 0. The standard InChI is InChI=1S/C17H18BrNO2S/c1-13-11-14(7-8-16(13)18)19-17(20)12-22-10-9-21-15-5-3-2-4-6-15/h2-8,11H,9-10,12H2,1H3,(H,19,20). The molecular weight excluding hydrogens is 362 g/mol. The molecule has 0 saturated heterocycles. The number of nitrogens with one attached hydrogen (secondary N) is 1. The lowest BCUT2D eigenvalue weighted by atomic mass is 10.2. The van der Waals surface area contributed by atoms with Crippen molar-refractivity contribution in [2.24, 2.45) is 0 Å². The molecule has 1 N–H and O–H groups in total. The van der Waals surface area contributed by atoms with Gasteiger partial charge in [0.15, 0.2) is 0 Å². The molecule has 0 aliphatic carbocycles. The van der Waals surface area contributed by atoms with Gasteiger partial charge in [-0.1, -0.05) is 34.1 Å². The third-order valence-corrected chi connectivity index (χ3v) is 4.73. The highest BCUT2D eigenvalue weighted by atomic mass is 79.9. The van der Waals surface area contributed by atoms with E-state index in [4.69, 9.17) is 4.74 Å². The first-order valence-electron chi connectivity index (χ1n) is 6.97. The van der Waals surface area contributed by atoms with Crippen LogP contribution in [0, 0.1) is 6.92 Å². The number of carbonyl (C=O) groups is 1. The van der Waals surface area contributed by atoms with Crippen molar-refractivity contribution < 1.29 is 9.53 Å². The van der Waals surface area contributed by atoms with Gasteiger partial charge in [0, 0.05) is 15.9 Å². The van der Waals surface area contributed by atoms with Crippen molar-refractivity contribution in [2.75, 3.05) is 23.4 Å². The normalized spacial score (nSPS) is 10.3. The summed E-state index contributed by atoms with van der Waals surface area (Å²) in [5.41, 5.74) is 1.92. The van der Waals surface area contributed by atoms with E-state index in [2.05, 4.69) is 21.2 Å². The number of benzene rings is 2. The molecule has 0 aliphatic rings. The second kappa shape index (κ2) is 8.86. The Balaban J connectivity index is 1.64. The summed E-state index contributed by atoms with van der Waals surface area (Å²) in [4.78, 5) is 11.9. The van der Waals surface area contributed by atoms with Crippen LogP contribution in [0.25, 0.3) is 0 Å². The van der Waals surface area contributed by atoms with Gasteiger partial charge in [0.05, 0.1) is 12.4 Å². The van der Waals surface area contributed by atoms with Gasteiger partial charge in [0.1, 0.15) is 5.75 Å². The largest absolute Gasteiger partial charge is 0.493 e. The van der Waals surface area contributed by atoms with E-state index >= 15 is 0 Å². The van der Waals surface area contributed by atoms with Crippen LogP contribution in [0.4, 0.5) is 5.69 Å². The number of hydrogen-bond acceptors (Lipinski definition) is 3. The van der Waals surface area contributed by atoms with E-state index in [1.165, 1.54) is 0 Å². The summed E-state index contributed by atoms with van der Waals surface area (Å²) in [6.07, 6.45) is 0. The second-order valence-electron chi connectivity index (χ2n) is 4.73. The molecule has 3 nitrogen and oxygen atoms in total. The lowest BCUT2D eigenvalue weighted by Gasteiger charge is -2.08. The van der Waals surface area contributed by atoms with E-state index in [1.54, 1.807) is 11.8 Å². The third-order valence-electron chi connectivity index (χ3n) is 2.91. The first kappa shape index (κ1) is 16.9. The lowest BCUT2D eigenvalue weighted by Crippen LogP contribution is -2.15. The topological polar surface area (TPSA) is 38.3 Å². The van der Waals surface area contributed by atoms with Crippen molar-refractivity contribution in [1.29, 1.82) is 0 Å². The molecule has 0 heterocycles. The van der Waals surface area contributed by atoms with Gasteiger partial charge in [0.2, 0.25) is 5.91 Å². The van der Waals surface area contributed by atoms with Crippen molar-refractivity contribution in [3.63, 3.8) is 0 Å². The van der Waals surface area contributed by atoms with Gasteiger partial charge in [0.25, 0.3) is 0 Å². The lowest BCUT2D eigenvalue weighted by molar-refractivity contribution is -0.113. The van der Waals surface area contributed by atoms with Crippen molar-refractivity contribution in [2.45, 2.75) is 6.92 Å². The van der Waals surface area contributed by atoms with E-state index in [0.29, 0.717) is 12.4 Å². The molecule has 0 bridgehead atoms. The Morgan fingerprint density at radius 3 is 2.73 bits per heavy atom. The molecule has 2 aromatic carbocycles. The Morgan fingerprint density at radius 1 is 1.23 bits per heavy atom. The molecule has 116 valence electrons. The Bertz CT molecular complexity index is 619. The van der Waals surface area contributed by atoms with Crippen LogP contribution >= 0.6 is 27.7 Å². The molecule has 0 atom stereocenters. The zero-order valence-electron chi connectivity index (χ0n) is 12.3. The molecular formula is C17H18BrNO2S. The minimum Gasteiger partial charge on any atom is -0.493 e. The highest BCUT2D eigenvalue weighted by Gasteiger charge is 2.04. The van der Waals surface area contributed by atoms with Crippen LogP contribution in [-0.4, -0.2) is 24.0 Å². The second-order valence-corrected chi connectivity index (χ2v) is 6.69. The number of thioether (sulfide) groups is 1. The average Bonchev–Trinajstić information content (AvgIpc) is 2.52. The van der Waals surface area contributed by atoms with Crippen LogP contribution in [0.5, 0.6) is 5.75 Å². The maximum Gasteiger partial charge on any atom is 0.234 e. The Hall–Kier alpha value is -1.46. The number of aryl methyl sites for hydroxylation is 1. The molecule has 0 radical (unpaired) electrons. The fourth-order valence-corrected chi connectivity index (χ4v) is 2.67. The van der Waals surface area contributed by atoms with E-state index in [0.717, 1.165) is 27.2 Å². The summed E-state index contributed by atoms with van der Waals surface area (Å²) in [5, 5.41) is 2.90. The number of rotatable bonds is 7. The van der Waals surface area contributed by atoms with E-state index < -0.39 is 0 Å². The number of carbonyl (C=O) groups excluding carboxylic acids is 1. The van der Waals surface area contributed by atoms with Gasteiger partial charge in [-0.25, -0.2) is 0 Å². The first-order valence-corrected chi connectivity index (χ1v) is 8.91. The fraction of sp³-hybridized carbons (Fsp3) is 0.235. The van der Waals surface area contributed by atoms with Crippen molar-refractivity contribution in [3.05, 3.63) is 58.6 Å². The van der Waals surface area contributed by atoms with E-state index in [9.17, 15) is 4.79 Å². The molecule has 0 saturated carbocycles. The van der Waals surface area contributed by atoms with Crippen molar-refractivity contribution in [1.82, 2.24) is 0 Å². The van der Waals surface area contributed by atoms with E-state index in [-0.39, 0.29) is 5.91 Å². The molecule has 2 rings (SSSR count). The van der Waals surface area contributed by atoms with E-state index in [1.807, 2.05) is 55.5 Å². The molecule has 22 heavy (non-hydrogen) atoms. The molecule has 0 fully saturated rings. The summed E-state index contributed by atoms with van der Waals surface area (Å²) < 4.78 is 6.62. The Kier molecular flexibility index (Phi) is 6.80. The number of hydrogen-bond donors (Lipinski definition) is 1. The summed E-state index contributed by atoms with van der Waals surface area (Å²) in [6.45, 7) is 2.59. The number of para-hydroxylation sites is 1. The van der Waals surface area contributed by atoms with Crippen LogP contribution in [0.1, 0.15) is 5.56 Å². The van der Waals surface area contributed by atoms with Crippen LogP contribution in [0.2, 0.25) is 0 Å². The summed E-state index contributed by atoms with van der Waals surface area (Å²) in [6, 6.07) is 15.5. The average molecular weight is 380 g/mol. The first-order chi connectivity index (χ1) is 10.6. The summed E-state index contributed by atoms with van der Waals surface area (Å²) >= 11 is 5.00. The smallest absolute Gasteiger partial charge is 0.234 e. The van der Waals surface area contributed by atoms with Gasteiger partial charge in [-0.3, -0.25) is 4.79 Å². The SMILES string of the molecule is Cc1cc(NC(=O)CSCCOc2ccccc2)ccc1Br. The van der Waals surface area contributed by atoms with Crippen LogP contribution in [0.3, 0.4) is 0 Å². The zero-order valence-corrected chi connectivity index (χ0v) is 14.7. The molecule has 5 heteroatoms. The highest BCUT2D eigenvalue weighted by Crippen LogP contribution is 2.20. The van der Waals surface area contributed by atoms with Gasteiger partial charge in [-0.2, -0.15) is 0 Å². The third kappa shape index (κ3) is 5.73. The van der Waals surface area contributed by atoms with Gasteiger partial charge in [-0.15, -0.1) is 11.8 Å².